The zero-order valence-corrected chi connectivity index (χ0v) is 75.4. The SMILES string of the molecule is CC(C)(C)c1ccc(Oc2cc3c4c(cc(Oc5ccc(C(C)(C)C)cc5)c5c6c(Oc7ccc(C(C)(C)C)cc7)cc7c8c(cc(Oc9ccc(C(C)(C)C)cc9)c(c2c45)c86)C(=O)N(c2c(CCc4c(F)c(F)c(F)c(F)c4F)cccc2CCc2c(F)c(F)c(F)c(F)c2F)C7=O)C(=O)N(c2c(CCc4c(F)c(F)c(F)c(F)c4F)cccc2CCc2c(F)c(F)c(F)c(F)c2F)C3=O)cc1. The molecule has 0 atom stereocenters. The van der Waals surface area contributed by atoms with Crippen LogP contribution >= 0.6 is 0 Å². The molecule has 15 aromatic rings. The number of imide groups is 2. The lowest BCUT2D eigenvalue weighted by Crippen LogP contribution is -2.42. The Labute approximate surface area is 775 Å². The molecule has 0 saturated carbocycles. The van der Waals surface area contributed by atoms with E-state index in [0.717, 1.165) is 22.3 Å². The maximum Gasteiger partial charge on any atom is 0.266 e. The number of carbonyl (C=O) groups is 4. The highest BCUT2D eigenvalue weighted by Crippen LogP contribution is 2.60. The monoisotopic (exact) mass is 1910 g/mol. The molecule has 2 aliphatic heterocycles. The van der Waals surface area contributed by atoms with Gasteiger partial charge in [-0.15, -0.1) is 0 Å². The maximum absolute atomic E-state index is 17.1. The number of hydrogen-bond donors (Lipinski definition) is 0. The number of aryl methyl sites for hydroxylation is 4. The fourth-order valence-electron chi connectivity index (χ4n) is 18.0. The van der Waals surface area contributed by atoms with E-state index >= 15 is 89.4 Å². The minimum Gasteiger partial charge on any atom is -0.457 e. The van der Waals surface area contributed by atoms with Gasteiger partial charge in [0.1, 0.15) is 46.0 Å². The van der Waals surface area contributed by atoms with Crippen LogP contribution in [0.5, 0.6) is 46.0 Å². The second-order valence-corrected chi connectivity index (χ2v) is 38.1. The molecule has 0 aliphatic carbocycles. The fraction of sp³-hybridized carbons (Fsp3) is 0.222. The number of anilines is 2. The number of halogens is 20. The normalized spacial score (nSPS) is 13.2. The molecule has 0 aromatic heterocycles. The number of rotatable bonds is 22. The van der Waals surface area contributed by atoms with E-state index in [-0.39, 0.29) is 111 Å². The van der Waals surface area contributed by atoms with Crippen molar-refractivity contribution in [2.75, 3.05) is 9.80 Å². The van der Waals surface area contributed by atoms with Gasteiger partial charge in [0.05, 0.1) is 33.6 Å². The van der Waals surface area contributed by atoms with E-state index in [9.17, 15) is 17.6 Å². The Morgan fingerprint density at radius 2 is 0.377 bits per heavy atom. The highest BCUT2D eigenvalue weighted by molar-refractivity contribution is 6.48. The van der Waals surface area contributed by atoms with Crippen LogP contribution in [0.2, 0.25) is 0 Å². The zero-order chi connectivity index (χ0) is 99.5. The molecule has 15 aromatic carbocycles. The Hall–Kier alpha value is -14.3. The predicted molar refractivity (Wildman–Crippen MR) is 478 cm³/mol. The predicted octanol–water partition coefficient (Wildman–Crippen LogP) is 29.6. The lowest BCUT2D eigenvalue weighted by Gasteiger charge is -2.34. The van der Waals surface area contributed by atoms with Crippen LogP contribution in [-0.4, -0.2) is 23.6 Å². The van der Waals surface area contributed by atoms with Gasteiger partial charge in [-0.3, -0.25) is 19.2 Å². The smallest absolute Gasteiger partial charge is 0.266 e. The number of para-hydroxylation sites is 2. The summed E-state index contributed by atoms with van der Waals surface area (Å²) < 4.78 is 338. The summed E-state index contributed by atoms with van der Waals surface area (Å²) in [5, 5.41) is -1.57. The van der Waals surface area contributed by atoms with E-state index < -0.39 is 269 Å². The first-order valence-electron chi connectivity index (χ1n) is 43.5. The molecular weight excluding hydrogens is 1830 g/mol. The molecule has 2 aliphatic rings. The van der Waals surface area contributed by atoms with Crippen LogP contribution < -0.4 is 28.7 Å². The molecule has 0 radical (unpaired) electrons. The molecule has 0 bridgehead atoms. The van der Waals surface area contributed by atoms with Gasteiger partial charge in [-0.1, -0.05) is 168 Å². The third kappa shape index (κ3) is 16.3. The Morgan fingerprint density at radius 3 is 0.543 bits per heavy atom. The molecule has 0 unspecified atom stereocenters. The first-order valence-corrected chi connectivity index (χ1v) is 43.5. The molecule has 138 heavy (non-hydrogen) atoms. The van der Waals surface area contributed by atoms with Gasteiger partial charge in [-0.05, 0) is 190 Å². The van der Waals surface area contributed by atoms with Crippen molar-refractivity contribution in [2.24, 2.45) is 0 Å². The van der Waals surface area contributed by atoms with Crippen molar-refractivity contribution in [1.82, 2.24) is 0 Å². The lowest BCUT2D eigenvalue weighted by atomic mass is 9.80. The number of ether oxygens (including phenoxy) is 4. The number of benzene rings is 15. The summed E-state index contributed by atoms with van der Waals surface area (Å²) in [6.45, 7) is 23.0. The largest absolute Gasteiger partial charge is 0.457 e. The molecule has 4 amide bonds. The minimum atomic E-state index is -2.52. The highest BCUT2D eigenvalue weighted by atomic mass is 19.2. The molecule has 0 fully saturated rings. The van der Waals surface area contributed by atoms with Gasteiger partial charge in [0.25, 0.3) is 23.6 Å². The van der Waals surface area contributed by atoms with Crippen LogP contribution in [0.15, 0.2) is 158 Å². The van der Waals surface area contributed by atoms with Crippen LogP contribution in [0.3, 0.4) is 0 Å². The van der Waals surface area contributed by atoms with Gasteiger partial charge >= 0.3 is 0 Å². The van der Waals surface area contributed by atoms with Crippen LogP contribution in [-0.2, 0) is 73.0 Å². The second-order valence-electron chi connectivity index (χ2n) is 38.1. The standard InChI is InChI=1S/C108H78F20N2O8/c1-105(2,3)51-23-31-55(32-24-51)135-67-43-63-71-64(102(132)129(101(63)131)99-47(19-39-59-79(109)87(117)95(125)88(118)80(59)110)15-13-16-48(99)20-40-60-81(111)89(119)96(126)90(120)82(60)112)45-69(137-57-35-27-53(28-36-57)107(7,8)9)75-76-70(138-58-37-29-54(30-38-58)108(10,11)12)46-66-72-65(44-68(74(78(72)76)73(67)77(71)75)136-56-33-25-52(26-34-56)106(4,5)6)103(133)130(104(66)134)100-49(21-41-61-83(113)91(121)97(127)92(122)84(61)114)17-14-18-50(100)22-42-62-85(115)93(123)98(128)94(124)86(62)116/h13-18,23-38,43-46H,19-22,39-42H2,1-12H3. The molecule has 10 nitrogen and oxygen atoms in total. The molecule has 2 heterocycles. The highest BCUT2D eigenvalue weighted by Gasteiger charge is 2.46. The van der Waals surface area contributed by atoms with E-state index in [2.05, 4.69) is 0 Å². The Bertz CT molecular complexity index is 6690. The maximum atomic E-state index is 17.1. The lowest BCUT2D eigenvalue weighted by molar-refractivity contribution is 0.0877. The van der Waals surface area contributed by atoms with Crippen molar-refractivity contribution >= 4 is 78.1 Å². The second kappa shape index (κ2) is 35.0. The summed E-state index contributed by atoms with van der Waals surface area (Å²) in [5.74, 6) is -54.0. The first-order chi connectivity index (χ1) is 65.0. The number of carbonyl (C=O) groups excluding carboxylic acids is 4. The third-order valence-electron chi connectivity index (χ3n) is 25.3. The van der Waals surface area contributed by atoms with Gasteiger partial charge in [0.2, 0.25) is 23.3 Å². The number of amides is 4. The number of nitrogens with zero attached hydrogens (tertiary/aromatic N) is 2. The molecule has 17 rings (SSSR count). The minimum absolute atomic E-state index is 0.00342. The zero-order valence-electron chi connectivity index (χ0n) is 75.4. The Balaban J connectivity index is 1.01. The summed E-state index contributed by atoms with van der Waals surface area (Å²) in [6, 6.07) is 38.1. The average Bonchev–Trinajstić information content (AvgIpc) is 0.667. The van der Waals surface area contributed by atoms with Crippen LogP contribution in [0.4, 0.5) is 99.2 Å². The molecule has 30 heteroatoms. The van der Waals surface area contributed by atoms with Gasteiger partial charge in [0.15, 0.2) is 93.1 Å². The first kappa shape index (κ1) is 95.4. The Morgan fingerprint density at radius 1 is 0.210 bits per heavy atom. The van der Waals surface area contributed by atoms with Crippen molar-refractivity contribution in [3.05, 3.63) is 363 Å². The van der Waals surface area contributed by atoms with Crippen molar-refractivity contribution in [2.45, 2.75) is 156 Å². The summed E-state index contributed by atoms with van der Waals surface area (Å²) >= 11 is 0. The quantitative estimate of drug-likeness (QED) is 0.0165. The summed E-state index contributed by atoms with van der Waals surface area (Å²) in [4.78, 5) is 69.6. The number of fused-ring (bicyclic) bond motifs is 2. The van der Waals surface area contributed by atoms with Crippen LogP contribution in [0.25, 0.3) is 43.1 Å². The molecule has 0 spiro atoms. The van der Waals surface area contributed by atoms with E-state index in [1.54, 1.807) is 97.1 Å². The van der Waals surface area contributed by atoms with E-state index in [1.807, 2.05) is 83.1 Å². The fourth-order valence-corrected chi connectivity index (χ4v) is 18.0. The van der Waals surface area contributed by atoms with Crippen molar-refractivity contribution < 1.29 is 126 Å². The third-order valence-corrected chi connectivity index (χ3v) is 25.3. The molecule has 0 N–H and O–H groups in total. The molecule has 0 saturated heterocycles. The van der Waals surface area contributed by atoms with Crippen LogP contribution in [0, 0.1) is 116 Å². The molecule has 708 valence electrons. The topological polar surface area (TPSA) is 112 Å². The van der Waals surface area contributed by atoms with Gasteiger partial charge in [-0.25, -0.2) is 97.6 Å². The average molecular weight is 1910 g/mol. The van der Waals surface area contributed by atoms with E-state index in [4.69, 9.17) is 18.9 Å². The van der Waals surface area contributed by atoms with Gasteiger partial charge in [0, 0.05) is 65.3 Å². The summed E-state index contributed by atoms with van der Waals surface area (Å²) in [7, 11) is 0. The van der Waals surface area contributed by atoms with Gasteiger partial charge < -0.3 is 18.9 Å². The Kier molecular flexibility index (Phi) is 24.2. The van der Waals surface area contributed by atoms with Crippen molar-refractivity contribution in [3.63, 3.8) is 0 Å². The number of hydrogen-bond acceptors (Lipinski definition) is 8. The summed E-state index contributed by atoms with van der Waals surface area (Å²) in [5.41, 5.74) is -9.31. The summed E-state index contributed by atoms with van der Waals surface area (Å²) in [6.07, 6.45) is -7.92. The van der Waals surface area contributed by atoms with Crippen molar-refractivity contribution in [3.8, 4) is 46.0 Å². The van der Waals surface area contributed by atoms with Gasteiger partial charge in [-0.2, -0.15) is 0 Å². The van der Waals surface area contributed by atoms with Crippen molar-refractivity contribution in [1.29, 1.82) is 0 Å². The molecular formula is C108H78F20N2O8. The van der Waals surface area contributed by atoms with E-state index in [0.29, 0.717) is 9.80 Å². The van der Waals surface area contributed by atoms with Crippen LogP contribution in [0.1, 0.15) is 191 Å². The van der Waals surface area contributed by atoms with E-state index in [1.165, 1.54) is 60.7 Å².